The first-order valence-electron chi connectivity index (χ1n) is 7.39. The fraction of sp³-hybridized carbons (Fsp3) is 0.733. The fourth-order valence-corrected chi connectivity index (χ4v) is 2.37. The molecule has 1 saturated heterocycles. The van der Waals surface area contributed by atoms with Crippen molar-refractivity contribution < 1.29 is 13.9 Å². The zero-order valence-corrected chi connectivity index (χ0v) is 11.4. The van der Waals surface area contributed by atoms with Gasteiger partial charge in [0.05, 0.1) is 19.0 Å². The van der Waals surface area contributed by atoms with E-state index in [2.05, 4.69) is 11.4 Å². The van der Waals surface area contributed by atoms with Crippen molar-refractivity contribution in [2.24, 2.45) is 0 Å². The molecule has 106 valence electrons. The van der Waals surface area contributed by atoms with Crippen LogP contribution in [-0.2, 0) is 22.6 Å². The number of ether oxygens (including phenoxy) is 2. The van der Waals surface area contributed by atoms with Gasteiger partial charge in [0.15, 0.2) is 0 Å². The molecule has 1 aliphatic carbocycles. The number of rotatable bonds is 7. The van der Waals surface area contributed by atoms with Gasteiger partial charge in [-0.3, -0.25) is 0 Å². The molecule has 0 bridgehead atoms. The van der Waals surface area contributed by atoms with Crippen LogP contribution in [0.2, 0.25) is 0 Å². The van der Waals surface area contributed by atoms with Gasteiger partial charge >= 0.3 is 0 Å². The van der Waals surface area contributed by atoms with E-state index in [0.29, 0.717) is 13.2 Å². The molecule has 1 aliphatic heterocycles. The van der Waals surface area contributed by atoms with Gasteiger partial charge in [0.2, 0.25) is 0 Å². The molecule has 1 aromatic rings. The van der Waals surface area contributed by atoms with E-state index in [1.807, 2.05) is 6.26 Å². The van der Waals surface area contributed by atoms with Crippen LogP contribution in [-0.4, -0.2) is 25.4 Å². The molecule has 0 spiro atoms. The van der Waals surface area contributed by atoms with Gasteiger partial charge in [-0.25, -0.2) is 0 Å². The summed E-state index contributed by atoms with van der Waals surface area (Å²) in [5, 5.41) is 3.47. The van der Waals surface area contributed by atoms with Gasteiger partial charge in [-0.15, -0.1) is 0 Å². The lowest BCUT2D eigenvalue weighted by Gasteiger charge is -2.21. The van der Waals surface area contributed by atoms with E-state index >= 15 is 0 Å². The standard InChI is InChI=1S/C15H23NO3/c1-2-6-18-14(3-1)10-17-11-15-7-12(9-19-15)8-16-13-4-5-13/h7,9,13-14,16H,1-6,8,10-11H2. The lowest BCUT2D eigenvalue weighted by atomic mass is 10.1. The van der Waals surface area contributed by atoms with Gasteiger partial charge < -0.3 is 19.2 Å². The molecule has 1 aromatic heterocycles. The molecule has 0 amide bonds. The van der Waals surface area contributed by atoms with E-state index in [1.165, 1.54) is 31.2 Å². The minimum Gasteiger partial charge on any atom is -0.467 e. The Bertz CT molecular complexity index is 380. The van der Waals surface area contributed by atoms with Gasteiger partial charge in [0.1, 0.15) is 12.4 Å². The summed E-state index contributed by atoms with van der Waals surface area (Å²) in [6.07, 6.45) is 8.29. The van der Waals surface area contributed by atoms with Crippen LogP contribution in [0.1, 0.15) is 43.4 Å². The van der Waals surface area contributed by atoms with Crippen LogP contribution >= 0.6 is 0 Å². The average Bonchev–Trinajstić information content (AvgIpc) is 3.17. The number of hydrogen-bond acceptors (Lipinski definition) is 4. The average molecular weight is 265 g/mol. The van der Waals surface area contributed by atoms with Crippen molar-refractivity contribution in [2.75, 3.05) is 13.2 Å². The molecule has 4 heteroatoms. The first-order chi connectivity index (χ1) is 9.40. The highest BCUT2D eigenvalue weighted by molar-refractivity contribution is 5.12. The second kappa shape index (κ2) is 6.55. The van der Waals surface area contributed by atoms with E-state index in [1.54, 1.807) is 0 Å². The number of nitrogens with one attached hydrogen (secondary N) is 1. The molecule has 1 unspecified atom stereocenters. The van der Waals surface area contributed by atoms with Crippen molar-refractivity contribution in [1.82, 2.24) is 5.32 Å². The third-order valence-corrected chi connectivity index (χ3v) is 3.70. The molecule has 3 rings (SSSR count). The summed E-state index contributed by atoms with van der Waals surface area (Å²) in [4.78, 5) is 0. The molecule has 1 atom stereocenters. The summed E-state index contributed by atoms with van der Waals surface area (Å²) < 4.78 is 16.8. The second-order valence-electron chi connectivity index (χ2n) is 5.58. The number of hydrogen-bond donors (Lipinski definition) is 1. The summed E-state index contributed by atoms with van der Waals surface area (Å²) >= 11 is 0. The summed E-state index contributed by atoms with van der Waals surface area (Å²) in [5.41, 5.74) is 1.21. The molecular weight excluding hydrogens is 242 g/mol. The molecule has 0 aromatic carbocycles. The van der Waals surface area contributed by atoms with Crippen LogP contribution < -0.4 is 5.32 Å². The second-order valence-corrected chi connectivity index (χ2v) is 5.58. The minimum atomic E-state index is 0.278. The molecule has 1 saturated carbocycles. The molecule has 1 N–H and O–H groups in total. The monoisotopic (exact) mass is 265 g/mol. The van der Waals surface area contributed by atoms with Gasteiger partial charge in [-0.2, -0.15) is 0 Å². The lowest BCUT2D eigenvalue weighted by molar-refractivity contribution is -0.0472. The van der Waals surface area contributed by atoms with Crippen molar-refractivity contribution in [2.45, 2.75) is 57.4 Å². The quantitative estimate of drug-likeness (QED) is 0.823. The van der Waals surface area contributed by atoms with Gasteiger partial charge in [0, 0.05) is 24.8 Å². The van der Waals surface area contributed by atoms with Crippen molar-refractivity contribution in [3.63, 3.8) is 0 Å². The van der Waals surface area contributed by atoms with Crippen LogP contribution in [0, 0.1) is 0 Å². The van der Waals surface area contributed by atoms with Crippen LogP contribution in [0.3, 0.4) is 0 Å². The Morgan fingerprint density at radius 3 is 3.00 bits per heavy atom. The lowest BCUT2D eigenvalue weighted by Crippen LogP contribution is -2.24. The van der Waals surface area contributed by atoms with Crippen LogP contribution in [0.25, 0.3) is 0 Å². The highest BCUT2D eigenvalue weighted by Gasteiger charge is 2.20. The predicted octanol–water partition coefficient (Wildman–Crippen LogP) is 2.62. The van der Waals surface area contributed by atoms with E-state index in [0.717, 1.165) is 31.4 Å². The Morgan fingerprint density at radius 2 is 2.21 bits per heavy atom. The van der Waals surface area contributed by atoms with Gasteiger partial charge in [-0.05, 0) is 38.2 Å². The van der Waals surface area contributed by atoms with Crippen molar-refractivity contribution >= 4 is 0 Å². The van der Waals surface area contributed by atoms with E-state index < -0.39 is 0 Å². The zero-order valence-electron chi connectivity index (χ0n) is 11.4. The molecule has 2 fully saturated rings. The maximum absolute atomic E-state index is 5.67. The highest BCUT2D eigenvalue weighted by atomic mass is 16.5. The van der Waals surface area contributed by atoms with Crippen LogP contribution in [0.15, 0.2) is 16.7 Å². The largest absolute Gasteiger partial charge is 0.467 e. The Morgan fingerprint density at radius 1 is 1.26 bits per heavy atom. The fourth-order valence-electron chi connectivity index (χ4n) is 2.37. The normalized spacial score (nSPS) is 23.7. The van der Waals surface area contributed by atoms with Gasteiger partial charge in [0.25, 0.3) is 0 Å². The maximum Gasteiger partial charge on any atom is 0.129 e. The molecule has 2 heterocycles. The van der Waals surface area contributed by atoms with Crippen molar-refractivity contribution in [1.29, 1.82) is 0 Å². The Hall–Kier alpha value is -0.840. The zero-order chi connectivity index (χ0) is 12.9. The maximum atomic E-state index is 5.67. The minimum absolute atomic E-state index is 0.278. The first kappa shape index (κ1) is 13.2. The van der Waals surface area contributed by atoms with Crippen molar-refractivity contribution in [3.8, 4) is 0 Å². The Kier molecular flexibility index (Phi) is 4.53. The summed E-state index contributed by atoms with van der Waals surface area (Å²) in [6.45, 7) is 3.01. The first-order valence-corrected chi connectivity index (χ1v) is 7.39. The topological polar surface area (TPSA) is 43.6 Å². The summed E-state index contributed by atoms with van der Waals surface area (Å²) in [6, 6.07) is 2.81. The van der Waals surface area contributed by atoms with E-state index in [9.17, 15) is 0 Å². The molecule has 19 heavy (non-hydrogen) atoms. The molecular formula is C15H23NO3. The van der Waals surface area contributed by atoms with Crippen LogP contribution in [0.5, 0.6) is 0 Å². The van der Waals surface area contributed by atoms with Gasteiger partial charge in [-0.1, -0.05) is 0 Å². The Balaban J connectivity index is 1.34. The third-order valence-electron chi connectivity index (χ3n) is 3.70. The smallest absolute Gasteiger partial charge is 0.129 e. The van der Waals surface area contributed by atoms with Crippen LogP contribution in [0.4, 0.5) is 0 Å². The van der Waals surface area contributed by atoms with E-state index in [4.69, 9.17) is 13.9 Å². The molecule has 4 nitrogen and oxygen atoms in total. The summed E-state index contributed by atoms with van der Waals surface area (Å²) in [5.74, 6) is 0.906. The van der Waals surface area contributed by atoms with E-state index in [-0.39, 0.29) is 6.10 Å². The highest BCUT2D eigenvalue weighted by Crippen LogP contribution is 2.20. The van der Waals surface area contributed by atoms with Crippen molar-refractivity contribution in [3.05, 3.63) is 23.7 Å². The molecule has 2 aliphatic rings. The molecule has 0 radical (unpaired) electrons. The third kappa shape index (κ3) is 4.34. The predicted molar refractivity (Wildman–Crippen MR) is 71.8 cm³/mol. The SMILES string of the molecule is c1oc(COCC2CCCCO2)cc1CNC1CC1. The number of furan rings is 1. The summed E-state index contributed by atoms with van der Waals surface area (Å²) in [7, 11) is 0. The Labute approximate surface area is 114 Å².